The predicted molar refractivity (Wildman–Crippen MR) is 91.0 cm³/mol. The van der Waals surface area contributed by atoms with Crippen LogP contribution in [-0.2, 0) is 9.59 Å². The van der Waals surface area contributed by atoms with E-state index in [9.17, 15) is 9.59 Å². The SMILES string of the molecule is Cl.N[C@@H]1CCN(C(=O)C2CC(=O)N(c3cccc(Br)c3)C2)C1. The molecule has 1 unspecified atom stereocenters. The van der Waals surface area contributed by atoms with Gasteiger partial charge in [-0.2, -0.15) is 0 Å². The Balaban J connectivity index is 0.00000176. The van der Waals surface area contributed by atoms with Crippen molar-refractivity contribution < 1.29 is 9.59 Å². The molecule has 2 aliphatic rings. The smallest absolute Gasteiger partial charge is 0.228 e. The fourth-order valence-electron chi connectivity index (χ4n) is 3.01. The molecule has 2 N–H and O–H groups in total. The van der Waals surface area contributed by atoms with Crippen LogP contribution < -0.4 is 10.6 Å². The molecule has 1 aromatic rings. The number of rotatable bonds is 2. The molecule has 2 saturated heterocycles. The second-order valence-corrected chi connectivity index (χ2v) is 6.63. The van der Waals surface area contributed by atoms with E-state index in [0.717, 1.165) is 16.6 Å². The van der Waals surface area contributed by atoms with Crippen LogP contribution in [0.2, 0.25) is 0 Å². The van der Waals surface area contributed by atoms with Gasteiger partial charge < -0.3 is 15.5 Å². The molecule has 2 amide bonds. The Kier molecular flexibility index (Phi) is 5.47. The van der Waals surface area contributed by atoms with Crippen molar-refractivity contribution in [2.24, 2.45) is 11.7 Å². The topological polar surface area (TPSA) is 66.6 Å². The van der Waals surface area contributed by atoms with Crippen LogP contribution in [0.25, 0.3) is 0 Å². The monoisotopic (exact) mass is 387 g/mol. The van der Waals surface area contributed by atoms with Gasteiger partial charge in [0, 0.05) is 42.3 Å². The van der Waals surface area contributed by atoms with Gasteiger partial charge in [-0.1, -0.05) is 22.0 Å². The van der Waals surface area contributed by atoms with Crippen LogP contribution in [0, 0.1) is 5.92 Å². The highest BCUT2D eigenvalue weighted by Crippen LogP contribution is 2.28. The number of nitrogens with zero attached hydrogens (tertiary/aromatic N) is 2. The zero-order valence-electron chi connectivity index (χ0n) is 12.1. The van der Waals surface area contributed by atoms with Crippen molar-refractivity contribution in [1.29, 1.82) is 0 Å². The molecule has 3 rings (SSSR count). The van der Waals surface area contributed by atoms with Crippen LogP contribution in [0.5, 0.6) is 0 Å². The van der Waals surface area contributed by atoms with Crippen molar-refractivity contribution in [2.75, 3.05) is 24.5 Å². The normalized spacial score (nSPS) is 24.5. The van der Waals surface area contributed by atoms with Gasteiger partial charge in [0.1, 0.15) is 0 Å². The number of amides is 2. The first-order valence-corrected chi connectivity index (χ1v) is 7.94. The van der Waals surface area contributed by atoms with Crippen molar-refractivity contribution in [3.63, 3.8) is 0 Å². The Morgan fingerprint density at radius 2 is 2.09 bits per heavy atom. The van der Waals surface area contributed by atoms with Crippen LogP contribution in [0.3, 0.4) is 0 Å². The van der Waals surface area contributed by atoms with Crippen LogP contribution in [-0.4, -0.2) is 42.4 Å². The van der Waals surface area contributed by atoms with E-state index in [2.05, 4.69) is 15.9 Å². The lowest BCUT2D eigenvalue weighted by molar-refractivity contribution is -0.134. The van der Waals surface area contributed by atoms with Gasteiger partial charge in [0.2, 0.25) is 11.8 Å². The molecule has 2 fully saturated rings. The fraction of sp³-hybridized carbons (Fsp3) is 0.467. The Bertz CT molecular complexity index is 584. The molecule has 2 heterocycles. The number of carbonyl (C=O) groups is 2. The predicted octanol–water partition coefficient (Wildman–Crippen LogP) is 1.78. The first-order chi connectivity index (χ1) is 10.0. The third-order valence-corrected chi connectivity index (χ3v) is 4.62. The molecule has 1 aromatic carbocycles. The molecule has 0 bridgehead atoms. The van der Waals surface area contributed by atoms with E-state index >= 15 is 0 Å². The number of nitrogens with two attached hydrogens (primary N) is 1. The number of hydrogen-bond donors (Lipinski definition) is 1. The highest BCUT2D eigenvalue weighted by atomic mass is 79.9. The number of carbonyl (C=O) groups excluding carboxylic acids is 2. The summed E-state index contributed by atoms with van der Waals surface area (Å²) in [6.45, 7) is 1.78. The van der Waals surface area contributed by atoms with E-state index in [1.165, 1.54) is 0 Å². The van der Waals surface area contributed by atoms with Gasteiger partial charge in [0.25, 0.3) is 0 Å². The van der Waals surface area contributed by atoms with Crippen molar-refractivity contribution in [3.05, 3.63) is 28.7 Å². The Morgan fingerprint density at radius 1 is 1.32 bits per heavy atom. The third-order valence-electron chi connectivity index (χ3n) is 4.13. The summed E-state index contributed by atoms with van der Waals surface area (Å²) in [6.07, 6.45) is 1.14. The Morgan fingerprint density at radius 3 is 2.73 bits per heavy atom. The summed E-state index contributed by atoms with van der Waals surface area (Å²) in [4.78, 5) is 28.2. The summed E-state index contributed by atoms with van der Waals surface area (Å²) in [5.74, 6) is -0.175. The summed E-state index contributed by atoms with van der Waals surface area (Å²) in [7, 11) is 0. The summed E-state index contributed by atoms with van der Waals surface area (Å²) in [6, 6.07) is 7.67. The molecule has 22 heavy (non-hydrogen) atoms. The lowest BCUT2D eigenvalue weighted by Crippen LogP contribution is -2.37. The molecular weight excluding hydrogens is 370 g/mol. The lowest BCUT2D eigenvalue weighted by atomic mass is 10.1. The summed E-state index contributed by atoms with van der Waals surface area (Å²) < 4.78 is 0.924. The molecular formula is C15H19BrClN3O2. The van der Waals surface area contributed by atoms with Gasteiger partial charge >= 0.3 is 0 Å². The average Bonchev–Trinajstić information content (AvgIpc) is 3.04. The van der Waals surface area contributed by atoms with Gasteiger partial charge in [0.15, 0.2) is 0 Å². The minimum atomic E-state index is -0.248. The number of likely N-dealkylation sites (tertiary alicyclic amines) is 1. The van der Waals surface area contributed by atoms with E-state index in [-0.39, 0.29) is 42.6 Å². The van der Waals surface area contributed by atoms with Crippen LogP contribution in [0.15, 0.2) is 28.7 Å². The van der Waals surface area contributed by atoms with Crippen molar-refractivity contribution in [2.45, 2.75) is 18.9 Å². The first-order valence-electron chi connectivity index (χ1n) is 7.15. The average molecular weight is 389 g/mol. The zero-order valence-corrected chi connectivity index (χ0v) is 14.5. The van der Waals surface area contributed by atoms with Gasteiger partial charge in [-0.05, 0) is 24.6 Å². The van der Waals surface area contributed by atoms with E-state index < -0.39 is 0 Å². The third kappa shape index (κ3) is 3.45. The molecule has 0 aromatic heterocycles. The lowest BCUT2D eigenvalue weighted by Gasteiger charge is -2.21. The van der Waals surface area contributed by atoms with E-state index in [0.29, 0.717) is 19.6 Å². The van der Waals surface area contributed by atoms with E-state index in [4.69, 9.17) is 5.73 Å². The number of hydrogen-bond acceptors (Lipinski definition) is 3. The highest BCUT2D eigenvalue weighted by Gasteiger charge is 2.38. The molecule has 5 nitrogen and oxygen atoms in total. The quantitative estimate of drug-likeness (QED) is 0.840. The van der Waals surface area contributed by atoms with Gasteiger partial charge in [0.05, 0.1) is 5.92 Å². The maximum atomic E-state index is 12.5. The van der Waals surface area contributed by atoms with E-state index in [1.807, 2.05) is 24.3 Å². The number of benzene rings is 1. The zero-order chi connectivity index (χ0) is 15.0. The number of halogens is 2. The van der Waals surface area contributed by atoms with Crippen molar-refractivity contribution >= 4 is 45.8 Å². The second-order valence-electron chi connectivity index (χ2n) is 5.72. The van der Waals surface area contributed by atoms with Gasteiger partial charge in [-0.25, -0.2) is 0 Å². The molecule has 2 aliphatic heterocycles. The molecule has 7 heteroatoms. The van der Waals surface area contributed by atoms with Gasteiger partial charge in [-0.3, -0.25) is 9.59 Å². The standard InChI is InChI=1S/C15H18BrN3O2.ClH/c16-11-2-1-3-13(7-11)19-8-10(6-14(19)20)15(21)18-5-4-12(17)9-18;/h1-3,7,10,12H,4-6,8-9,17H2;1H/t10?,12-;/m1./s1. The maximum absolute atomic E-state index is 12.5. The summed E-state index contributed by atoms with van der Waals surface area (Å²) in [5.41, 5.74) is 6.68. The Hall–Kier alpha value is -1.11. The Labute approximate surface area is 144 Å². The van der Waals surface area contributed by atoms with Crippen LogP contribution in [0.4, 0.5) is 5.69 Å². The molecule has 0 saturated carbocycles. The largest absolute Gasteiger partial charge is 0.341 e. The molecule has 2 atom stereocenters. The molecule has 0 radical (unpaired) electrons. The minimum Gasteiger partial charge on any atom is -0.341 e. The van der Waals surface area contributed by atoms with Gasteiger partial charge in [-0.15, -0.1) is 12.4 Å². The van der Waals surface area contributed by atoms with Crippen molar-refractivity contribution in [3.8, 4) is 0 Å². The first kappa shape index (κ1) is 17.2. The fourth-order valence-corrected chi connectivity index (χ4v) is 3.40. The van der Waals surface area contributed by atoms with Crippen molar-refractivity contribution in [1.82, 2.24) is 4.90 Å². The molecule has 0 spiro atoms. The highest BCUT2D eigenvalue weighted by molar-refractivity contribution is 9.10. The van der Waals surface area contributed by atoms with E-state index in [1.54, 1.807) is 9.80 Å². The second kappa shape index (κ2) is 6.98. The minimum absolute atomic E-state index is 0. The van der Waals surface area contributed by atoms with Crippen LogP contribution in [0.1, 0.15) is 12.8 Å². The molecule has 0 aliphatic carbocycles. The van der Waals surface area contributed by atoms with Crippen LogP contribution >= 0.6 is 28.3 Å². The number of anilines is 1. The maximum Gasteiger partial charge on any atom is 0.228 e. The molecule has 120 valence electrons. The summed E-state index contributed by atoms with van der Waals surface area (Å²) in [5, 5.41) is 0. The summed E-state index contributed by atoms with van der Waals surface area (Å²) >= 11 is 3.41.